The summed E-state index contributed by atoms with van der Waals surface area (Å²) in [6.45, 7) is 10.0. The van der Waals surface area contributed by atoms with Crippen molar-refractivity contribution in [3.05, 3.63) is 24.3 Å². The van der Waals surface area contributed by atoms with Crippen LogP contribution in [0.1, 0.15) is 206 Å². The third-order valence-electron chi connectivity index (χ3n) is 10.0. The maximum atomic E-state index is 12.4. The number of allylic oxidation sites excluding steroid dienone is 4. The monoisotopic (exact) mass is 748 g/mol. The summed E-state index contributed by atoms with van der Waals surface area (Å²) in [5.41, 5.74) is 5.60. The minimum atomic E-state index is -0.0996. The lowest BCUT2D eigenvalue weighted by Crippen LogP contribution is -2.34. The van der Waals surface area contributed by atoms with E-state index in [1.165, 1.54) is 141 Å². The summed E-state index contributed by atoms with van der Waals surface area (Å²) in [5.74, 6) is -0.199. The highest BCUT2D eigenvalue weighted by atomic mass is 16.5. The molecule has 7 nitrogen and oxygen atoms in total. The summed E-state index contributed by atoms with van der Waals surface area (Å²) in [7, 11) is 0. The number of ether oxygens (including phenoxy) is 2. The van der Waals surface area contributed by atoms with Crippen molar-refractivity contribution in [1.82, 2.24) is 10.2 Å². The van der Waals surface area contributed by atoms with Gasteiger partial charge in [-0.2, -0.15) is 0 Å². The average molecular weight is 748 g/mol. The Morgan fingerprint density at radius 3 is 1.23 bits per heavy atom. The van der Waals surface area contributed by atoms with Gasteiger partial charge in [-0.25, -0.2) is 0 Å². The number of esters is 2. The van der Waals surface area contributed by atoms with Crippen LogP contribution in [0.3, 0.4) is 0 Å². The highest BCUT2D eigenvalue weighted by Gasteiger charge is 2.10. The van der Waals surface area contributed by atoms with Crippen molar-refractivity contribution in [3.63, 3.8) is 0 Å². The Kier molecular flexibility index (Phi) is 43.3. The number of hydrogen-bond acceptors (Lipinski definition) is 7. The molecule has 0 unspecified atom stereocenters. The average Bonchev–Trinajstić information content (AvgIpc) is 3.15. The van der Waals surface area contributed by atoms with Gasteiger partial charge < -0.3 is 20.5 Å². The van der Waals surface area contributed by atoms with Crippen molar-refractivity contribution in [1.29, 1.82) is 0 Å². The van der Waals surface area contributed by atoms with Crippen molar-refractivity contribution in [2.45, 2.75) is 206 Å². The molecule has 0 spiro atoms. The first-order valence-corrected chi connectivity index (χ1v) is 22.9. The molecule has 0 aromatic heterocycles. The second kappa shape index (κ2) is 44.7. The lowest BCUT2D eigenvalue weighted by molar-refractivity contribution is -0.144. The van der Waals surface area contributed by atoms with Gasteiger partial charge in [-0.05, 0) is 103 Å². The van der Waals surface area contributed by atoms with E-state index in [2.05, 4.69) is 48.4 Å². The molecule has 3 N–H and O–H groups in total. The normalized spacial score (nSPS) is 11.8. The maximum absolute atomic E-state index is 12.4. The number of nitrogens with two attached hydrogens (primary N) is 1. The Morgan fingerprint density at radius 2 is 0.830 bits per heavy atom. The Hall–Kier alpha value is -1.70. The molecule has 0 fully saturated rings. The second-order valence-corrected chi connectivity index (χ2v) is 15.2. The summed E-state index contributed by atoms with van der Waals surface area (Å²) < 4.78 is 11.2. The summed E-state index contributed by atoms with van der Waals surface area (Å²) in [6.07, 6.45) is 44.8. The number of carbonyl (C=O) groups excluding carboxylic acids is 2. The molecular weight excluding hydrogens is 659 g/mol. The lowest BCUT2D eigenvalue weighted by atomic mass is 10.1. The van der Waals surface area contributed by atoms with E-state index in [0.717, 1.165) is 58.2 Å². The smallest absolute Gasteiger partial charge is 0.305 e. The zero-order valence-corrected chi connectivity index (χ0v) is 35.3. The van der Waals surface area contributed by atoms with E-state index in [1.54, 1.807) is 0 Å². The van der Waals surface area contributed by atoms with E-state index >= 15 is 0 Å². The fourth-order valence-electron chi connectivity index (χ4n) is 6.52. The Bertz CT molecular complexity index is 761. The predicted octanol–water partition coefficient (Wildman–Crippen LogP) is 11.8. The van der Waals surface area contributed by atoms with Crippen LogP contribution in [0.4, 0.5) is 0 Å². The van der Waals surface area contributed by atoms with Crippen LogP contribution in [0.25, 0.3) is 0 Å². The molecule has 0 amide bonds. The van der Waals surface area contributed by atoms with E-state index in [1.807, 2.05) is 0 Å². The summed E-state index contributed by atoms with van der Waals surface area (Å²) in [5, 5.41) is 3.43. The van der Waals surface area contributed by atoms with Gasteiger partial charge >= 0.3 is 11.9 Å². The van der Waals surface area contributed by atoms with Crippen LogP contribution in [0.15, 0.2) is 24.3 Å². The number of rotatable bonds is 43. The molecule has 7 heteroatoms. The molecule has 0 aliphatic heterocycles. The molecule has 0 heterocycles. The minimum absolute atomic E-state index is 0.0996. The molecular formula is C46H89N3O4. The van der Waals surface area contributed by atoms with Crippen molar-refractivity contribution in [3.8, 4) is 0 Å². The molecule has 0 radical (unpaired) electrons. The third-order valence-corrected chi connectivity index (χ3v) is 10.0. The molecule has 0 bridgehead atoms. The van der Waals surface area contributed by atoms with Crippen molar-refractivity contribution in [2.24, 2.45) is 5.73 Å². The number of nitrogens with one attached hydrogen (secondary N) is 1. The molecule has 0 saturated carbocycles. The number of unbranched alkanes of at least 4 members (excludes halogenated alkanes) is 22. The molecule has 0 rings (SSSR count). The minimum Gasteiger partial charge on any atom is -0.464 e. The highest BCUT2D eigenvalue weighted by molar-refractivity contribution is 5.69. The summed E-state index contributed by atoms with van der Waals surface area (Å²) >= 11 is 0. The van der Waals surface area contributed by atoms with Gasteiger partial charge in [0.05, 0.1) is 0 Å². The summed E-state index contributed by atoms with van der Waals surface area (Å²) in [4.78, 5) is 27.0. The van der Waals surface area contributed by atoms with Crippen LogP contribution in [0, 0.1) is 0 Å². The predicted molar refractivity (Wildman–Crippen MR) is 228 cm³/mol. The van der Waals surface area contributed by atoms with E-state index in [4.69, 9.17) is 15.2 Å². The first-order chi connectivity index (χ1) is 26.1. The molecule has 0 atom stereocenters. The third kappa shape index (κ3) is 42.9. The zero-order valence-electron chi connectivity index (χ0n) is 35.3. The molecule has 53 heavy (non-hydrogen) atoms. The Balaban J connectivity index is 3.98. The maximum Gasteiger partial charge on any atom is 0.305 e. The highest BCUT2D eigenvalue weighted by Crippen LogP contribution is 2.12. The van der Waals surface area contributed by atoms with E-state index < -0.39 is 0 Å². The van der Waals surface area contributed by atoms with Gasteiger partial charge in [-0.3, -0.25) is 14.5 Å². The fourth-order valence-corrected chi connectivity index (χ4v) is 6.52. The van der Waals surface area contributed by atoms with Crippen molar-refractivity contribution in [2.75, 3.05) is 52.5 Å². The second-order valence-electron chi connectivity index (χ2n) is 15.2. The zero-order chi connectivity index (χ0) is 38.6. The first-order valence-electron chi connectivity index (χ1n) is 22.9. The van der Waals surface area contributed by atoms with Crippen molar-refractivity contribution < 1.29 is 19.1 Å². The van der Waals surface area contributed by atoms with Crippen LogP contribution in [0.2, 0.25) is 0 Å². The topological polar surface area (TPSA) is 93.9 Å². The molecule has 0 aromatic rings. The molecule has 312 valence electrons. The quantitative estimate of drug-likeness (QED) is 0.0364. The van der Waals surface area contributed by atoms with Crippen LogP contribution >= 0.6 is 0 Å². The van der Waals surface area contributed by atoms with Crippen LogP contribution in [0.5, 0.6) is 0 Å². The van der Waals surface area contributed by atoms with Gasteiger partial charge in [0.15, 0.2) is 0 Å². The lowest BCUT2D eigenvalue weighted by Gasteiger charge is -2.22. The van der Waals surface area contributed by atoms with Gasteiger partial charge in [0.1, 0.15) is 13.2 Å². The largest absolute Gasteiger partial charge is 0.464 e. The summed E-state index contributed by atoms with van der Waals surface area (Å²) in [6, 6.07) is 0. The van der Waals surface area contributed by atoms with Crippen molar-refractivity contribution >= 4 is 11.9 Å². The standard InChI is InChI=1S/C46H89N3O4/c1-3-5-7-9-11-13-15-17-19-21-23-25-27-29-31-35-45(50)52-43-41-49(40-34-39-48-38-33-37-47)42-44-53-46(51)36-32-30-28-26-24-22-20-18-16-14-12-10-8-6-4-2/h17-20,48H,3-16,21-44,47H2,1-2H3/b19-17-,20-18-. The van der Waals surface area contributed by atoms with E-state index in [0.29, 0.717) is 45.7 Å². The van der Waals surface area contributed by atoms with Gasteiger partial charge in [0, 0.05) is 25.9 Å². The van der Waals surface area contributed by atoms with E-state index in [-0.39, 0.29) is 11.9 Å². The van der Waals surface area contributed by atoms with Crippen LogP contribution < -0.4 is 11.1 Å². The Morgan fingerprint density at radius 1 is 0.472 bits per heavy atom. The van der Waals surface area contributed by atoms with Gasteiger partial charge in [-0.15, -0.1) is 0 Å². The van der Waals surface area contributed by atoms with Crippen LogP contribution in [-0.4, -0.2) is 69.3 Å². The number of hydrogen-bond donors (Lipinski definition) is 2. The molecule has 0 aromatic carbocycles. The molecule has 0 aliphatic carbocycles. The fraction of sp³-hybridized carbons (Fsp3) is 0.870. The van der Waals surface area contributed by atoms with E-state index in [9.17, 15) is 9.59 Å². The van der Waals surface area contributed by atoms with Crippen LogP contribution in [-0.2, 0) is 19.1 Å². The Labute approximate surface area is 329 Å². The molecule has 0 saturated heterocycles. The number of nitrogens with zero attached hydrogens (tertiary/aromatic N) is 1. The first kappa shape index (κ1) is 51.3. The SMILES string of the molecule is CCCCCCCC/C=C\CCCCCCCC(=O)OCCN(CCCNCCCN)CCOC(=O)CCCCCCC/C=C\CCCCCCCC. The van der Waals surface area contributed by atoms with Gasteiger partial charge in [-0.1, -0.05) is 141 Å². The van der Waals surface area contributed by atoms with Gasteiger partial charge in [0.2, 0.25) is 0 Å². The number of carbonyl (C=O) groups is 2. The molecule has 0 aliphatic rings. The van der Waals surface area contributed by atoms with Gasteiger partial charge in [0.25, 0.3) is 0 Å².